The van der Waals surface area contributed by atoms with Gasteiger partial charge in [0, 0.05) is 24.6 Å². The SMILES string of the molecule is O=C(O)c1cccc2c1CCN(C(=O)Nc1cnns1)C2. The third-order valence-electron chi connectivity index (χ3n) is 3.38. The first kappa shape index (κ1) is 13.5. The molecule has 0 saturated carbocycles. The first-order valence-corrected chi connectivity index (χ1v) is 7.10. The summed E-state index contributed by atoms with van der Waals surface area (Å²) in [6.45, 7) is 0.879. The molecule has 1 aromatic heterocycles. The number of rotatable bonds is 2. The highest BCUT2D eigenvalue weighted by atomic mass is 32.1. The molecular weight excluding hydrogens is 292 g/mol. The molecule has 0 radical (unpaired) electrons. The molecule has 7 nitrogen and oxygen atoms in total. The summed E-state index contributed by atoms with van der Waals surface area (Å²) in [6, 6.07) is 4.93. The highest BCUT2D eigenvalue weighted by Gasteiger charge is 2.24. The van der Waals surface area contributed by atoms with Crippen LogP contribution >= 0.6 is 11.5 Å². The lowest BCUT2D eigenvalue weighted by Crippen LogP contribution is -2.39. The molecular formula is C13H12N4O3S. The lowest BCUT2D eigenvalue weighted by Gasteiger charge is -2.29. The molecule has 0 unspecified atom stereocenters. The Morgan fingerprint density at radius 3 is 2.95 bits per heavy atom. The number of benzene rings is 1. The molecule has 1 aromatic carbocycles. The van der Waals surface area contributed by atoms with Gasteiger partial charge in [0.25, 0.3) is 0 Å². The normalized spacial score (nSPS) is 13.6. The van der Waals surface area contributed by atoms with Crippen molar-refractivity contribution in [1.82, 2.24) is 14.5 Å². The Hall–Kier alpha value is -2.48. The number of anilines is 1. The smallest absolute Gasteiger partial charge is 0.335 e. The number of nitrogens with one attached hydrogen (secondary N) is 1. The summed E-state index contributed by atoms with van der Waals surface area (Å²) in [5.41, 5.74) is 2.01. The van der Waals surface area contributed by atoms with E-state index in [2.05, 4.69) is 14.9 Å². The lowest BCUT2D eigenvalue weighted by molar-refractivity contribution is 0.0695. The molecule has 2 amide bonds. The first-order valence-electron chi connectivity index (χ1n) is 6.32. The van der Waals surface area contributed by atoms with Crippen LogP contribution in [-0.4, -0.2) is 38.1 Å². The predicted molar refractivity (Wildman–Crippen MR) is 76.4 cm³/mol. The molecule has 8 heteroatoms. The summed E-state index contributed by atoms with van der Waals surface area (Å²) in [5, 5.41) is 16.2. The van der Waals surface area contributed by atoms with Crippen LogP contribution in [-0.2, 0) is 13.0 Å². The molecule has 0 saturated heterocycles. The van der Waals surface area contributed by atoms with Crippen molar-refractivity contribution in [3.63, 3.8) is 0 Å². The zero-order chi connectivity index (χ0) is 14.8. The molecule has 0 bridgehead atoms. The van der Waals surface area contributed by atoms with Gasteiger partial charge in [0.15, 0.2) is 0 Å². The van der Waals surface area contributed by atoms with E-state index in [1.807, 2.05) is 6.07 Å². The highest BCUT2D eigenvalue weighted by molar-refractivity contribution is 7.10. The summed E-state index contributed by atoms with van der Waals surface area (Å²) in [7, 11) is 0. The van der Waals surface area contributed by atoms with Crippen molar-refractivity contribution < 1.29 is 14.7 Å². The summed E-state index contributed by atoms with van der Waals surface area (Å²) in [5.74, 6) is -0.930. The fraction of sp³-hybridized carbons (Fsp3) is 0.231. The van der Waals surface area contributed by atoms with Gasteiger partial charge in [0.1, 0.15) is 5.00 Å². The van der Waals surface area contributed by atoms with Crippen molar-refractivity contribution in [2.24, 2.45) is 0 Å². The quantitative estimate of drug-likeness (QED) is 0.882. The van der Waals surface area contributed by atoms with Gasteiger partial charge in [-0.1, -0.05) is 16.6 Å². The number of nitrogens with zero attached hydrogens (tertiary/aromatic N) is 3. The second-order valence-corrected chi connectivity index (χ2v) is 5.42. The molecule has 0 aliphatic carbocycles. The molecule has 0 atom stereocenters. The fourth-order valence-electron chi connectivity index (χ4n) is 2.39. The van der Waals surface area contributed by atoms with Crippen LogP contribution in [0.25, 0.3) is 0 Å². The maximum absolute atomic E-state index is 12.1. The Balaban J connectivity index is 1.77. The van der Waals surface area contributed by atoms with Crippen LogP contribution in [0.15, 0.2) is 24.4 Å². The van der Waals surface area contributed by atoms with E-state index in [-0.39, 0.29) is 6.03 Å². The minimum absolute atomic E-state index is 0.229. The van der Waals surface area contributed by atoms with Gasteiger partial charge in [-0.05, 0) is 23.6 Å². The maximum atomic E-state index is 12.1. The minimum atomic E-state index is -0.930. The van der Waals surface area contributed by atoms with Crippen molar-refractivity contribution in [1.29, 1.82) is 0 Å². The number of amides is 2. The van der Waals surface area contributed by atoms with Crippen molar-refractivity contribution in [3.05, 3.63) is 41.1 Å². The van der Waals surface area contributed by atoms with Crippen LogP contribution in [0, 0.1) is 0 Å². The molecule has 2 heterocycles. The second kappa shape index (κ2) is 5.49. The van der Waals surface area contributed by atoms with Crippen molar-refractivity contribution in [3.8, 4) is 0 Å². The molecule has 108 valence electrons. The molecule has 1 aliphatic rings. The number of carboxylic acids is 1. The number of carboxylic acid groups (broad SMARTS) is 1. The first-order chi connectivity index (χ1) is 10.1. The zero-order valence-corrected chi connectivity index (χ0v) is 11.8. The molecule has 2 aromatic rings. The van der Waals surface area contributed by atoms with E-state index in [4.69, 9.17) is 0 Å². The van der Waals surface area contributed by atoms with Gasteiger partial charge in [-0.25, -0.2) is 9.59 Å². The number of carbonyl (C=O) groups excluding carboxylic acids is 1. The van der Waals surface area contributed by atoms with Crippen LogP contribution in [0.4, 0.5) is 9.80 Å². The number of aromatic carboxylic acids is 1. The van der Waals surface area contributed by atoms with Gasteiger partial charge < -0.3 is 10.0 Å². The Bertz CT molecular complexity index is 687. The van der Waals surface area contributed by atoms with E-state index in [9.17, 15) is 14.7 Å². The number of urea groups is 1. The molecule has 0 spiro atoms. The van der Waals surface area contributed by atoms with Gasteiger partial charge in [-0.2, -0.15) is 0 Å². The Morgan fingerprint density at radius 2 is 2.24 bits per heavy atom. The van der Waals surface area contributed by atoms with E-state index in [0.29, 0.717) is 30.1 Å². The number of hydrogen-bond donors (Lipinski definition) is 2. The van der Waals surface area contributed by atoms with Gasteiger partial charge in [-0.15, -0.1) is 5.10 Å². The van der Waals surface area contributed by atoms with Crippen LogP contribution in [0.2, 0.25) is 0 Å². The number of aromatic nitrogens is 2. The summed E-state index contributed by atoms with van der Waals surface area (Å²) < 4.78 is 3.68. The maximum Gasteiger partial charge on any atom is 0.335 e. The third kappa shape index (κ3) is 2.70. The molecule has 1 aliphatic heterocycles. The summed E-state index contributed by atoms with van der Waals surface area (Å²) in [4.78, 5) is 25.0. The average Bonchev–Trinajstić information content (AvgIpc) is 2.98. The number of hydrogen-bond acceptors (Lipinski definition) is 5. The van der Waals surface area contributed by atoms with Gasteiger partial charge in [0.2, 0.25) is 0 Å². The van der Waals surface area contributed by atoms with E-state index in [0.717, 1.165) is 22.7 Å². The highest BCUT2D eigenvalue weighted by Crippen LogP contribution is 2.23. The molecule has 3 rings (SSSR count). The van der Waals surface area contributed by atoms with Gasteiger partial charge in [0.05, 0.1) is 11.8 Å². The van der Waals surface area contributed by atoms with Gasteiger partial charge in [-0.3, -0.25) is 5.32 Å². The predicted octanol–water partition coefficient (Wildman–Crippen LogP) is 1.83. The monoisotopic (exact) mass is 304 g/mol. The standard InChI is InChI=1S/C13H12N4O3S/c18-12(19)10-3-1-2-8-7-17(5-4-9(8)10)13(20)15-11-6-14-16-21-11/h1-3,6H,4-5,7H2,(H,15,20)(H,18,19). The third-order valence-corrected chi connectivity index (χ3v) is 3.96. The van der Waals surface area contributed by atoms with Crippen LogP contribution in [0.5, 0.6) is 0 Å². The fourth-order valence-corrected chi connectivity index (χ4v) is 2.80. The molecule has 21 heavy (non-hydrogen) atoms. The Labute approximate surface area is 124 Å². The van der Waals surface area contributed by atoms with Crippen LogP contribution in [0.1, 0.15) is 21.5 Å². The molecule has 2 N–H and O–H groups in total. The van der Waals surface area contributed by atoms with Gasteiger partial charge >= 0.3 is 12.0 Å². The second-order valence-electron chi connectivity index (χ2n) is 4.63. The summed E-state index contributed by atoms with van der Waals surface area (Å²) in [6.07, 6.45) is 2.02. The average molecular weight is 304 g/mol. The number of fused-ring (bicyclic) bond motifs is 1. The molecule has 0 fully saturated rings. The Kier molecular flexibility index (Phi) is 3.53. The topological polar surface area (TPSA) is 95.4 Å². The minimum Gasteiger partial charge on any atom is -0.478 e. The van der Waals surface area contributed by atoms with Crippen LogP contribution in [0.3, 0.4) is 0 Å². The Morgan fingerprint density at radius 1 is 1.38 bits per heavy atom. The van der Waals surface area contributed by atoms with Crippen molar-refractivity contribution in [2.75, 3.05) is 11.9 Å². The van der Waals surface area contributed by atoms with E-state index < -0.39 is 5.97 Å². The van der Waals surface area contributed by atoms with Crippen molar-refractivity contribution in [2.45, 2.75) is 13.0 Å². The van der Waals surface area contributed by atoms with E-state index >= 15 is 0 Å². The summed E-state index contributed by atoms with van der Waals surface area (Å²) >= 11 is 1.11. The largest absolute Gasteiger partial charge is 0.478 e. The van der Waals surface area contributed by atoms with E-state index in [1.54, 1.807) is 17.0 Å². The zero-order valence-electron chi connectivity index (χ0n) is 10.9. The van der Waals surface area contributed by atoms with Crippen molar-refractivity contribution >= 4 is 28.5 Å². The van der Waals surface area contributed by atoms with Crippen LogP contribution < -0.4 is 5.32 Å². The number of carbonyl (C=O) groups is 2. The van der Waals surface area contributed by atoms with E-state index in [1.165, 1.54) is 6.20 Å². The lowest BCUT2D eigenvalue weighted by atomic mass is 9.95.